The van der Waals surface area contributed by atoms with Crippen molar-refractivity contribution in [2.75, 3.05) is 5.32 Å². The van der Waals surface area contributed by atoms with E-state index in [1.54, 1.807) is 0 Å². The number of carbonyl (C=O) groups is 2. The van der Waals surface area contributed by atoms with E-state index in [1.165, 1.54) is 13.0 Å². The minimum absolute atomic E-state index is 0.0908. The highest BCUT2D eigenvalue weighted by molar-refractivity contribution is 6.30. The van der Waals surface area contributed by atoms with Gasteiger partial charge in [-0.2, -0.15) is 13.2 Å². The van der Waals surface area contributed by atoms with E-state index in [2.05, 4.69) is 0 Å². The van der Waals surface area contributed by atoms with Crippen molar-refractivity contribution in [3.05, 3.63) is 28.8 Å². The highest BCUT2D eigenvalue weighted by Gasteiger charge is 2.34. The van der Waals surface area contributed by atoms with Gasteiger partial charge in [0.1, 0.15) is 5.78 Å². The molecule has 7 heteroatoms. The van der Waals surface area contributed by atoms with E-state index in [0.29, 0.717) is 6.07 Å². The van der Waals surface area contributed by atoms with Gasteiger partial charge in [-0.3, -0.25) is 9.59 Å². The number of carbonyl (C=O) groups excluding carboxylic acids is 2. The summed E-state index contributed by atoms with van der Waals surface area (Å²) in [6.07, 6.45) is -5.11. The normalized spacial score (nSPS) is 11.2. The van der Waals surface area contributed by atoms with Gasteiger partial charge in [0.15, 0.2) is 0 Å². The second-order valence-electron chi connectivity index (χ2n) is 3.61. The number of anilines is 1. The molecule has 1 amide bonds. The second kappa shape index (κ2) is 5.39. The number of benzene rings is 1. The summed E-state index contributed by atoms with van der Waals surface area (Å²) in [4.78, 5) is 21.9. The first-order valence-electron chi connectivity index (χ1n) is 4.86. The van der Waals surface area contributed by atoms with Crippen LogP contribution in [0.5, 0.6) is 0 Å². The van der Waals surface area contributed by atoms with Crippen LogP contribution in [0.15, 0.2) is 18.2 Å². The number of amides is 1. The Kier molecular flexibility index (Phi) is 4.34. The van der Waals surface area contributed by atoms with Gasteiger partial charge >= 0.3 is 6.18 Å². The fourth-order valence-electron chi connectivity index (χ4n) is 1.28. The van der Waals surface area contributed by atoms with Gasteiger partial charge in [0.2, 0.25) is 5.91 Å². The van der Waals surface area contributed by atoms with E-state index in [0.717, 1.165) is 6.07 Å². The lowest BCUT2D eigenvalue weighted by atomic mass is 10.1. The molecule has 98 valence electrons. The second-order valence-corrected chi connectivity index (χ2v) is 4.05. The summed E-state index contributed by atoms with van der Waals surface area (Å²) < 4.78 is 38.0. The van der Waals surface area contributed by atoms with Crippen LogP contribution >= 0.6 is 11.6 Å². The van der Waals surface area contributed by atoms with Crippen LogP contribution in [0.2, 0.25) is 5.02 Å². The molecule has 1 rings (SSSR count). The molecule has 0 bridgehead atoms. The number of nitrogens with one attached hydrogen (secondary N) is 1. The van der Waals surface area contributed by atoms with Gasteiger partial charge in [0, 0.05) is 5.02 Å². The third kappa shape index (κ3) is 4.03. The zero-order valence-electron chi connectivity index (χ0n) is 9.27. The van der Waals surface area contributed by atoms with E-state index in [1.807, 2.05) is 5.32 Å². The summed E-state index contributed by atoms with van der Waals surface area (Å²) in [5.41, 5.74) is -1.47. The van der Waals surface area contributed by atoms with Gasteiger partial charge in [-0.05, 0) is 25.1 Å². The summed E-state index contributed by atoms with van der Waals surface area (Å²) in [5.74, 6) is -1.23. The smallest absolute Gasteiger partial charge is 0.325 e. The highest BCUT2D eigenvalue weighted by atomic mass is 35.5. The number of halogens is 4. The summed E-state index contributed by atoms with van der Waals surface area (Å²) in [6, 6.07) is 2.98. The number of hydrogen-bond acceptors (Lipinski definition) is 2. The molecule has 0 atom stereocenters. The van der Waals surface area contributed by atoms with Crippen molar-refractivity contribution >= 4 is 29.0 Å². The van der Waals surface area contributed by atoms with Crippen molar-refractivity contribution < 1.29 is 22.8 Å². The fourth-order valence-corrected chi connectivity index (χ4v) is 1.45. The zero-order valence-corrected chi connectivity index (χ0v) is 10.0. The molecule has 0 unspecified atom stereocenters. The Morgan fingerprint density at radius 2 is 1.94 bits per heavy atom. The van der Waals surface area contributed by atoms with Crippen LogP contribution in [0.4, 0.5) is 18.9 Å². The molecule has 1 aromatic rings. The maximum Gasteiger partial charge on any atom is 0.418 e. The van der Waals surface area contributed by atoms with Gasteiger partial charge in [-0.1, -0.05) is 11.6 Å². The Bertz CT molecular complexity index is 486. The molecule has 0 aliphatic rings. The maximum atomic E-state index is 12.7. The lowest BCUT2D eigenvalue weighted by molar-refractivity contribution is -0.137. The van der Waals surface area contributed by atoms with E-state index in [9.17, 15) is 22.8 Å². The van der Waals surface area contributed by atoms with Crippen LogP contribution in [0.3, 0.4) is 0 Å². The van der Waals surface area contributed by atoms with Gasteiger partial charge in [0.25, 0.3) is 0 Å². The molecule has 0 fully saturated rings. The minimum Gasteiger partial charge on any atom is -0.325 e. The van der Waals surface area contributed by atoms with E-state index < -0.39 is 35.5 Å². The lowest BCUT2D eigenvalue weighted by Crippen LogP contribution is -2.18. The van der Waals surface area contributed by atoms with Crippen molar-refractivity contribution in [2.24, 2.45) is 0 Å². The quantitative estimate of drug-likeness (QED) is 0.863. The van der Waals surface area contributed by atoms with Gasteiger partial charge in [0.05, 0.1) is 17.7 Å². The van der Waals surface area contributed by atoms with Crippen LogP contribution in [0.1, 0.15) is 18.9 Å². The standard InChI is InChI=1S/C11H9ClF3NO2/c1-6(17)4-10(18)16-9-3-2-7(12)5-8(9)11(13,14)15/h2-3,5H,4H2,1H3,(H,16,18). The molecule has 0 aliphatic heterocycles. The van der Waals surface area contributed by atoms with Crippen LogP contribution in [-0.2, 0) is 15.8 Å². The highest BCUT2D eigenvalue weighted by Crippen LogP contribution is 2.36. The van der Waals surface area contributed by atoms with Gasteiger partial charge in [-0.25, -0.2) is 0 Å². The van der Waals surface area contributed by atoms with Crippen molar-refractivity contribution in [1.29, 1.82) is 0 Å². The summed E-state index contributed by atoms with van der Waals surface area (Å²) in [6.45, 7) is 1.17. The number of Topliss-reactive ketones (excluding diaryl/α,β-unsaturated/α-hetero) is 1. The average Bonchev–Trinajstić information content (AvgIpc) is 2.17. The summed E-state index contributed by atoms with van der Waals surface area (Å²) >= 11 is 5.48. The van der Waals surface area contributed by atoms with Crippen LogP contribution in [0, 0.1) is 0 Å². The first-order chi connectivity index (χ1) is 8.20. The van der Waals surface area contributed by atoms with Gasteiger partial charge in [-0.15, -0.1) is 0 Å². The summed E-state index contributed by atoms with van der Waals surface area (Å²) in [5, 5.41) is 1.95. The van der Waals surface area contributed by atoms with Crippen LogP contribution < -0.4 is 5.32 Å². The number of ketones is 1. The van der Waals surface area contributed by atoms with Crippen LogP contribution in [0.25, 0.3) is 0 Å². The Labute approximate surface area is 106 Å². The molecular weight excluding hydrogens is 271 g/mol. The van der Waals surface area contributed by atoms with E-state index >= 15 is 0 Å². The largest absolute Gasteiger partial charge is 0.418 e. The molecular formula is C11H9ClF3NO2. The van der Waals surface area contributed by atoms with Crippen molar-refractivity contribution in [3.8, 4) is 0 Å². The molecule has 0 radical (unpaired) electrons. The monoisotopic (exact) mass is 279 g/mol. The zero-order chi connectivity index (χ0) is 13.9. The molecule has 0 heterocycles. The molecule has 0 aromatic heterocycles. The SMILES string of the molecule is CC(=O)CC(=O)Nc1ccc(Cl)cc1C(F)(F)F. The predicted octanol–water partition coefficient (Wildman–Crippen LogP) is 3.28. The topological polar surface area (TPSA) is 46.2 Å². The van der Waals surface area contributed by atoms with Crippen molar-refractivity contribution in [1.82, 2.24) is 0 Å². The third-order valence-corrected chi connectivity index (χ3v) is 2.21. The molecule has 3 nitrogen and oxygen atoms in total. The molecule has 0 spiro atoms. The molecule has 0 saturated carbocycles. The van der Waals surface area contributed by atoms with Crippen molar-refractivity contribution in [3.63, 3.8) is 0 Å². The Hall–Kier alpha value is -1.56. The minimum atomic E-state index is -4.64. The number of hydrogen-bond donors (Lipinski definition) is 1. The average molecular weight is 280 g/mol. The summed E-state index contributed by atoms with van der Waals surface area (Å²) in [7, 11) is 0. The molecule has 1 N–H and O–H groups in total. The Balaban J connectivity index is 3.02. The fraction of sp³-hybridized carbons (Fsp3) is 0.273. The Morgan fingerprint density at radius 3 is 2.44 bits per heavy atom. The number of alkyl halides is 3. The first kappa shape index (κ1) is 14.5. The Morgan fingerprint density at radius 1 is 1.33 bits per heavy atom. The first-order valence-corrected chi connectivity index (χ1v) is 5.24. The molecule has 18 heavy (non-hydrogen) atoms. The van der Waals surface area contributed by atoms with Gasteiger partial charge < -0.3 is 5.32 Å². The van der Waals surface area contributed by atoms with Crippen LogP contribution in [-0.4, -0.2) is 11.7 Å². The van der Waals surface area contributed by atoms with E-state index in [-0.39, 0.29) is 5.02 Å². The predicted molar refractivity (Wildman–Crippen MR) is 60.4 cm³/mol. The van der Waals surface area contributed by atoms with Crippen molar-refractivity contribution in [2.45, 2.75) is 19.5 Å². The third-order valence-electron chi connectivity index (χ3n) is 1.97. The lowest BCUT2D eigenvalue weighted by Gasteiger charge is -2.13. The molecule has 0 saturated heterocycles. The molecule has 0 aliphatic carbocycles. The maximum absolute atomic E-state index is 12.7. The molecule has 1 aromatic carbocycles. The number of rotatable bonds is 3. The van der Waals surface area contributed by atoms with E-state index in [4.69, 9.17) is 11.6 Å².